The van der Waals surface area contributed by atoms with Gasteiger partial charge in [0.25, 0.3) is 0 Å². The minimum atomic E-state index is -2.82. The van der Waals surface area contributed by atoms with Crippen LogP contribution in [0.15, 0.2) is 0 Å². The molecule has 1 unspecified atom stereocenters. The van der Waals surface area contributed by atoms with Crippen molar-refractivity contribution in [2.24, 2.45) is 5.92 Å². The predicted molar refractivity (Wildman–Crippen MR) is 74.5 cm³/mol. The second-order valence-corrected chi connectivity index (χ2v) is 8.23. The van der Waals surface area contributed by atoms with E-state index in [4.69, 9.17) is 0 Å². The molecule has 18 heavy (non-hydrogen) atoms. The number of sulfone groups is 1. The van der Waals surface area contributed by atoms with Crippen molar-refractivity contribution in [3.63, 3.8) is 0 Å². The molecule has 0 saturated carbocycles. The lowest BCUT2D eigenvalue weighted by Crippen LogP contribution is -2.44. The van der Waals surface area contributed by atoms with Crippen molar-refractivity contribution in [1.82, 2.24) is 10.2 Å². The Balaban J connectivity index is 1.76. The van der Waals surface area contributed by atoms with Gasteiger partial charge < -0.3 is 10.2 Å². The third-order valence-electron chi connectivity index (χ3n) is 4.36. The van der Waals surface area contributed by atoms with Gasteiger partial charge in [0, 0.05) is 12.3 Å². The van der Waals surface area contributed by atoms with Gasteiger partial charge in [-0.05, 0) is 57.8 Å². The zero-order valence-electron chi connectivity index (χ0n) is 11.4. The minimum absolute atomic E-state index is 0.0803. The molecule has 0 aliphatic carbocycles. The van der Waals surface area contributed by atoms with Gasteiger partial charge in [0.2, 0.25) is 0 Å². The second-order valence-electron chi connectivity index (χ2n) is 5.66. The van der Waals surface area contributed by atoms with Gasteiger partial charge in [-0.25, -0.2) is 8.42 Å². The summed E-state index contributed by atoms with van der Waals surface area (Å²) >= 11 is 0. The molecule has 0 aromatic rings. The maximum absolute atomic E-state index is 11.8. The predicted octanol–water partition coefficient (Wildman–Crippen LogP) is 0.885. The molecule has 0 bridgehead atoms. The normalized spacial score (nSPS) is 28.4. The summed E-state index contributed by atoms with van der Waals surface area (Å²) in [5.74, 6) is 1.06. The molecule has 2 fully saturated rings. The number of hydrogen-bond donors (Lipinski definition) is 1. The number of piperidine rings is 2. The van der Waals surface area contributed by atoms with Gasteiger partial charge in [-0.15, -0.1) is 0 Å². The van der Waals surface area contributed by atoms with Crippen molar-refractivity contribution in [3.05, 3.63) is 0 Å². The van der Waals surface area contributed by atoms with E-state index in [-0.39, 0.29) is 5.25 Å². The van der Waals surface area contributed by atoms with Crippen LogP contribution < -0.4 is 5.32 Å². The molecule has 2 heterocycles. The van der Waals surface area contributed by atoms with E-state index in [1.54, 1.807) is 6.92 Å². The lowest BCUT2D eigenvalue weighted by atomic mass is 9.98. The van der Waals surface area contributed by atoms with Crippen LogP contribution in [0, 0.1) is 5.92 Å². The Morgan fingerprint density at radius 1 is 1.22 bits per heavy atom. The van der Waals surface area contributed by atoms with E-state index in [9.17, 15) is 8.42 Å². The summed E-state index contributed by atoms with van der Waals surface area (Å²) in [7, 11) is -2.82. The Labute approximate surface area is 111 Å². The van der Waals surface area contributed by atoms with Crippen LogP contribution in [0.3, 0.4) is 0 Å². The fourth-order valence-electron chi connectivity index (χ4n) is 3.13. The van der Waals surface area contributed by atoms with E-state index < -0.39 is 9.84 Å². The molecular weight excluding hydrogens is 248 g/mol. The van der Waals surface area contributed by atoms with E-state index in [2.05, 4.69) is 10.2 Å². The molecule has 2 saturated heterocycles. The number of likely N-dealkylation sites (tertiary alicyclic amines) is 1. The summed E-state index contributed by atoms with van der Waals surface area (Å²) in [6, 6.07) is 0. The highest BCUT2D eigenvalue weighted by atomic mass is 32.2. The maximum atomic E-state index is 11.8. The molecule has 0 aromatic carbocycles. The molecule has 0 amide bonds. The van der Waals surface area contributed by atoms with Gasteiger partial charge in [-0.3, -0.25) is 0 Å². The number of hydrogen-bond acceptors (Lipinski definition) is 4. The van der Waals surface area contributed by atoms with Gasteiger partial charge in [-0.1, -0.05) is 6.92 Å². The fraction of sp³-hybridized carbons (Fsp3) is 1.00. The quantitative estimate of drug-likeness (QED) is 0.827. The Bertz CT molecular complexity index is 342. The van der Waals surface area contributed by atoms with Crippen molar-refractivity contribution in [2.75, 3.05) is 38.5 Å². The highest BCUT2D eigenvalue weighted by molar-refractivity contribution is 7.92. The van der Waals surface area contributed by atoms with Crippen LogP contribution in [0.25, 0.3) is 0 Å². The Hall–Kier alpha value is -0.130. The summed E-state index contributed by atoms with van der Waals surface area (Å²) in [4.78, 5) is 2.46. The van der Waals surface area contributed by atoms with E-state index in [0.29, 0.717) is 5.75 Å². The van der Waals surface area contributed by atoms with Crippen LogP contribution in [0.5, 0.6) is 0 Å². The Morgan fingerprint density at radius 3 is 2.50 bits per heavy atom. The van der Waals surface area contributed by atoms with Crippen molar-refractivity contribution >= 4 is 9.84 Å². The molecule has 0 radical (unpaired) electrons. The summed E-state index contributed by atoms with van der Waals surface area (Å²) in [5, 5.41) is 3.36. The summed E-state index contributed by atoms with van der Waals surface area (Å²) in [5.41, 5.74) is 0. The van der Waals surface area contributed by atoms with Crippen LogP contribution in [0.1, 0.15) is 32.6 Å². The molecular formula is C13H26N2O2S. The zero-order chi connectivity index (χ0) is 13.0. The van der Waals surface area contributed by atoms with Crippen molar-refractivity contribution < 1.29 is 8.42 Å². The zero-order valence-corrected chi connectivity index (χ0v) is 12.2. The van der Waals surface area contributed by atoms with Gasteiger partial charge in [-0.2, -0.15) is 0 Å². The van der Waals surface area contributed by atoms with Crippen molar-refractivity contribution in [3.8, 4) is 0 Å². The van der Waals surface area contributed by atoms with E-state index in [0.717, 1.165) is 51.5 Å². The molecule has 0 spiro atoms. The van der Waals surface area contributed by atoms with E-state index >= 15 is 0 Å². The highest BCUT2D eigenvalue weighted by Crippen LogP contribution is 2.20. The monoisotopic (exact) mass is 274 g/mol. The van der Waals surface area contributed by atoms with Crippen LogP contribution in [-0.2, 0) is 9.84 Å². The molecule has 106 valence electrons. The molecule has 1 atom stereocenters. The number of nitrogens with zero attached hydrogens (tertiary/aromatic N) is 1. The molecule has 4 nitrogen and oxygen atoms in total. The first-order chi connectivity index (χ1) is 8.62. The highest BCUT2D eigenvalue weighted by Gasteiger charge is 2.29. The van der Waals surface area contributed by atoms with Crippen LogP contribution in [0.2, 0.25) is 0 Å². The van der Waals surface area contributed by atoms with Crippen molar-refractivity contribution in [1.29, 1.82) is 0 Å². The third-order valence-corrected chi connectivity index (χ3v) is 6.65. The summed E-state index contributed by atoms with van der Waals surface area (Å²) in [6.07, 6.45) is 4.26. The SMILES string of the molecule is CCS(=O)(=O)C1CCN(CC2CCCNC2)CC1. The molecule has 0 aromatic heterocycles. The third kappa shape index (κ3) is 3.68. The van der Waals surface area contributed by atoms with E-state index in [1.165, 1.54) is 12.8 Å². The molecule has 2 aliphatic heterocycles. The summed E-state index contributed by atoms with van der Waals surface area (Å²) < 4.78 is 23.6. The average molecular weight is 274 g/mol. The van der Waals surface area contributed by atoms with Gasteiger partial charge in [0.1, 0.15) is 0 Å². The van der Waals surface area contributed by atoms with E-state index in [1.807, 2.05) is 0 Å². The number of nitrogens with one attached hydrogen (secondary N) is 1. The van der Waals surface area contributed by atoms with Crippen LogP contribution in [0.4, 0.5) is 0 Å². The van der Waals surface area contributed by atoms with Crippen LogP contribution in [-0.4, -0.2) is 57.0 Å². The lowest BCUT2D eigenvalue weighted by molar-refractivity contribution is 0.181. The fourth-order valence-corrected chi connectivity index (χ4v) is 4.53. The van der Waals surface area contributed by atoms with Crippen LogP contribution >= 0.6 is 0 Å². The van der Waals surface area contributed by atoms with Gasteiger partial charge in [0.15, 0.2) is 9.84 Å². The minimum Gasteiger partial charge on any atom is -0.316 e. The first kappa shape index (κ1) is 14.3. The smallest absolute Gasteiger partial charge is 0.152 e. The molecule has 2 rings (SSSR count). The van der Waals surface area contributed by atoms with Gasteiger partial charge >= 0.3 is 0 Å². The lowest BCUT2D eigenvalue weighted by Gasteiger charge is -2.35. The Kier molecular flexibility index (Phi) is 5.04. The molecule has 5 heteroatoms. The maximum Gasteiger partial charge on any atom is 0.152 e. The first-order valence-electron chi connectivity index (χ1n) is 7.26. The Morgan fingerprint density at radius 2 is 1.94 bits per heavy atom. The molecule has 2 aliphatic rings. The number of rotatable bonds is 4. The topological polar surface area (TPSA) is 49.4 Å². The average Bonchev–Trinajstić information content (AvgIpc) is 2.40. The largest absolute Gasteiger partial charge is 0.316 e. The van der Waals surface area contributed by atoms with Gasteiger partial charge in [0.05, 0.1) is 5.25 Å². The van der Waals surface area contributed by atoms with Crippen molar-refractivity contribution in [2.45, 2.75) is 37.9 Å². The standard InChI is InChI=1S/C13H26N2O2S/c1-2-18(16,17)13-5-8-15(9-6-13)11-12-4-3-7-14-10-12/h12-14H,2-11H2,1H3. The molecule has 1 N–H and O–H groups in total. The first-order valence-corrected chi connectivity index (χ1v) is 8.98. The second kappa shape index (κ2) is 6.35. The summed E-state index contributed by atoms with van der Waals surface area (Å²) in [6.45, 7) is 7.11.